The molecule has 1 N–H and O–H groups in total. The molecule has 0 fully saturated rings. The van der Waals surface area contributed by atoms with Crippen molar-refractivity contribution in [3.8, 4) is 0 Å². The molecule has 4 nitrogen and oxygen atoms in total. The number of nitrogens with one attached hydrogen (secondary N) is 1. The van der Waals surface area contributed by atoms with E-state index in [1.165, 1.54) is 0 Å². The minimum atomic E-state index is -0.463. The standard InChI is InChI=1S/C14H14Cl3NO3/c15-11(14(16)17)9-21-13(20)8-4-7-12(19)18-10-5-2-1-3-6-10/h1-3,5-6H,4,7-9H2,(H,18,19). The number of amides is 1. The molecule has 21 heavy (non-hydrogen) atoms. The third-order valence-electron chi connectivity index (χ3n) is 2.41. The van der Waals surface area contributed by atoms with Crippen LogP contribution in [0.2, 0.25) is 0 Å². The molecule has 0 saturated carbocycles. The second kappa shape index (κ2) is 9.66. The van der Waals surface area contributed by atoms with E-state index in [0.29, 0.717) is 6.42 Å². The van der Waals surface area contributed by atoms with Gasteiger partial charge in [0.05, 0.1) is 5.03 Å². The van der Waals surface area contributed by atoms with E-state index in [0.717, 1.165) is 5.69 Å². The number of rotatable bonds is 7. The summed E-state index contributed by atoms with van der Waals surface area (Å²) < 4.78 is 4.70. The maximum absolute atomic E-state index is 11.6. The molecule has 7 heteroatoms. The predicted octanol–water partition coefficient (Wildman–Crippen LogP) is 4.22. The molecule has 0 radical (unpaired) electrons. The van der Waals surface area contributed by atoms with E-state index >= 15 is 0 Å². The molecule has 1 rings (SSSR count). The zero-order valence-electron chi connectivity index (χ0n) is 11.1. The average molecular weight is 351 g/mol. The van der Waals surface area contributed by atoms with E-state index in [-0.39, 0.29) is 34.9 Å². The first-order valence-corrected chi connectivity index (χ1v) is 7.32. The summed E-state index contributed by atoms with van der Waals surface area (Å²) in [6.45, 7) is -0.168. The second-order valence-electron chi connectivity index (χ2n) is 4.09. The summed E-state index contributed by atoms with van der Waals surface area (Å²) in [5.74, 6) is -0.619. The molecule has 1 amide bonds. The molecule has 0 bridgehead atoms. The van der Waals surface area contributed by atoms with Crippen LogP contribution in [0.15, 0.2) is 39.9 Å². The first-order chi connectivity index (χ1) is 9.99. The van der Waals surface area contributed by atoms with E-state index < -0.39 is 5.97 Å². The Balaban J connectivity index is 2.20. The van der Waals surface area contributed by atoms with Gasteiger partial charge in [-0.1, -0.05) is 53.0 Å². The molecular weight excluding hydrogens is 337 g/mol. The van der Waals surface area contributed by atoms with Gasteiger partial charge in [-0.3, -0.25) is 9.59 Å². The highest BCUT2D eigenvalue weighted by Crippen LogP contribution is 2.18. The van der Waals surface area contributed by atoms with Gasteiger partial charge in [0.25, 0.3) is 0 Å². The summed E-state index contributed by atoms with van der Waals surface area (Å²) in [6, 6.07) is 9.09. The van der Waals surface area contributed by atoms with Crippen LogP contribution in [0.1, 0.15) is 19.3 Å². The van der Waals surface area contributed by atoms with Crippen LogP contribution in [-0.4, -0.2) is 18.5 Å². The predicted molar refractivity (Wildman–Crippen MR) is 84.5 cm³/mol. The summed E-state index contributed by atoms with van der Waals surface area (Å²) in [5.41, 5.74) is 0.721. The molecule has 0 saturated heterocycles. The van der Waals surface area contributed by atoms with E-state index in [4.69, 9.17) is 39.5 Å². The number of ether oxygens (including phenoxy) is 1. The number of halogens is 3. The van der Waals surface area contributed by atoms with Crippen molar-refractivity contribution >= 4 is 52.4 Å². The van der Waals surface area contributed by atoms with Crippen LogP contribution in [0.25, 0.3) is 0 Å². The maximum atomic E-state index is 11.6. The van der Waals surface area contributed by atoms with Crippen LogP contribution in [0.5, 0.6) is 0 Å². The van der Waals surface area contributed by atoms with Crippen LogP contribution in [-0.2, 0) is 14.3 Å². The number of carbonyl (C=O) groups excluding carboxylic acids is 2. The van der Waals surface area contributed by atoms with Gasteiger partial charge in [0, 0.05) is 18.5 Å². The van der Waals surface area contributed by atoms with Crippen molar-refractivity contribution in [2.24, 2.45) is 0 Å². The third-order valence-corrected chi connectivity index (χ3v) is 3.36. The van der Waals surface area contributed by atoms with Crippen molar-refractivity contribution in [2.45, 2.75) is 19.3 Å². The van der Waals surface area contributed by atoms with Gasteiger partial charge < -0.3 is 10.1 Å². The van der Waals surface area contributed by atoms with Gasteiger partial charge in [-0.25, -0.2) is 0 Å². The lowest BCUT2D eigenvalue weighted by Gasteiger charge is -2.05. The molecule has 114 valence electrons. The van der Waals surface area contributed by atoms with Crippen LogP contribution < -0.4 is 5.32 Å². The van der Waals surface area contributed by atoms with Crippen molar-refractivity contribution in [1.29, 1.82) is 0 Å². The molecular formula is C14H14Cl3NO3. The summed E-state index contributed by atoms with van der Waals surface area (Å²) in [6.07, 6.45) is 0.726. The summed E-state index contributed by atoms with van der Waals surface area (Å²) >= 11 is 16.4. The Bertz CT molecular complexity index is 513. The summed E-state index contributed by atoms with van der Waals surface area (Å²) in [7, 11) is 0. The van der Waals surface area contributed by atoms with Crippen LogP contribution in [0.4, 0.5) is 5.69 Å². The van der Waals surface area contributed by atoms with Gasteiger partial charge in [0.15, 0.2) is 0 Å². The Morgan fingerprint density at radius 2 is 1.71 bits per heavy atom. The Hall–Kier alpha value is -1.23. The molecule has 0 aromatic heterocycles. The first kappa shape index (κ1) is 17.8. The normalized spacial score (nSPS) is 9.86. The molecule has 0 aliphatic heterocycles. The SMILES string of the molecule is O=C(CCCC(=O)OCC(Cl)=C(Cl)Cl)Nc1ccccc1. The topological polar surface area (TPSA) is 55.4 Å². The number of hydrogen-bond acceptors (Lipinski definition) is 3. The summed E-state index contributed by atoms with van der Waals surface area (Å²) in [4.78, 5) is 23.0. The van der Waals surface area contributed by atoms with Gasteiger partial charge in [-0.05, 0) is 18.6 Å². The highest BCUT2D eigenvalue weighted by atomic mass is 35.5. The van der Waals surface area contributed by atoms with Crippen molar-refractivity contribution in [3.05, 3.63) is 39.9 Å². The fourth-order valence-corrected chi connectivity index (χ4v) is 1.57. The number of esters is 1. The van der Waals surface area contributed by atoms with Crippen molar-refractivity contribution < 1.29 is 14.3 Å². The van der Waals surface area contributed by atoms with E-state index in [1.54, 1.807) is 12.1 Å². The Labute approximate surface area is 138 Å². The molecule has 0 atom stereocenters. The second-order valence-corrected chi connectivity index (χ2v) is 5.50. The van der Waals surface area contributed by atoms with Gasteiger partial charge >= 0.3 is 5.97 Å². The molecule has 1 aromatic rings. The maximum Gasteiger partial charge on any atom is 0.306 e. The van der Waals surface area contributed by atoms with E-state index in [9.17, 15) is 9.59 Å². The molecule has 0 unspecified atom stereocenters. The van der Waals surface area contributed by atoms with E-state index in [2.05, 4.69) is 5.32 Å². The zero-order valence-corrected chi connectivity index (χ0v) is 13.3. The summed E-state index contributed by atoms with van der Waals surface area (Å²) in [5, 5.41) is 2.79. The Kier molecular flexibility index (Phi) is 8.20. The molecule has 0 spiro atoms. The molecule has 1 aromatic carbocycles. The lowest BCUT2D eigenvalue weighted by Crippen LogP contribution is -2.12. The quantitative estimate of drug-likeness (QED) is 0.749. The van der Waals surface area contributed by atoms with Crippen molar-refractivity contribution in [2.75, 3.05) is 11.9 Å². The number of para-hydroxylation sites is 1. The van der Waals surface area contributed by atoms with Crippen LogP contribution >= 0.6 is 34.8 Å². The Morgan fingerprint density at radius 1 is 1.05 bits per heavy atom. The minimum absolute atomic E-state index is 0.0634. The van der Waals surface area contributed by atoms with Gasteiger partial charge in [-0.15, -0.1) is 0 Å². The largest absolute Gasteiger partial charge is 0.460 e. The molecule has 0 aliphatic rings. The third kappa shape index (κ3) is 7.95. The van der Waals surface area contributed by atoms with Gasteiger partial charge in [-0.2, -0.15) is 0 Å². The lowest BCUT2D eigenvalue weighted by atomic mass is 10.2. The van der Waals surface area contributed by atoms with E-state index in [1.807, 2.05) is 18.2 Å². The number of hydrogen-bond donors (Lipinski definition) is 1. The van der Waals surface area contributed by atoms with Gasteiger partial charge in [0.2, 0.25) is 5.91 Å². The number of carbonyl (C=O) groups is 2. The first-order valence-electron chi connectivity index (χ1n) is 6.19. The molecule has 0 heterocycles. The minimum Gasteiger partial charge on any atom is -0.460 e. The smallest absolute Gasteiger partial charge is 0.306 e. The molecule has 0 aliphatic carbocycles. The monoisotopic (exact) mass is 349 g/mol. The van der Waals surface area contributed by atoms with Crippen molar-refractivity contribution in [1.82, 2.24) is 0 Å². The van der Waals surface area contributed by atoms with Crippen LogP contribution in [0, 0.1) is 0 Å². The van der Waals surface area contributed by atoms with Crippen molar-refractivity contribution in [3.63, 3.8) is 0 Å². The lowest BCUT2D eigenvalue weighted by molar-refractivity contribution is -0.142. The van der Waals surface area contributed by atoms with Gasteiger partial charge in [0.1, 0.15) is 11.1 Å². The van der Waals surface area contributed by atoms with Crippen LogP contribution in [0.3, 0.4) is 0 Å². The number of anilines is 1. The fourth-order valence-electron chi connectivity index (χ4n) is 1.41. The highest BCUT2D eigenvalue weighted by molar-refractivity contribution is 6.59. The Morgan fingerprint density at radius 3 is 2.33 bits per heavy atom. The fraction of sp³-hybridized carbons (Fsp3) is 0.286. The highest BCUT2D eigenvalue weighted by Gasteiger charge is 2.08. The number of benzene rings is 1. The zero-order chi connectivity index (χ0) is 15.7. The average Bonchev–Trinajstić information content (AvgIpc) is 2.45.